The number of methoxy groups -OCH3 is 1. The number of sulfonamides is 2. The molecule has 1 amide bonds. The van der Waals surface area contributed by atoms with Crippen molar-refractivity contribution in [1.29, 1.82) is 0 Å². The van der Waals surface area contributed by atoms with Crippen LogP contribution in [0.2, 0.25) is 5.02 Å². The number of hydrogen-bond donors (Lipinski definition) is 2. The molecule has 9 nitrogen and oxygen atoms in total. The van der Waals surface area contributed by atoms with E-state index in [0.29, 0.717) is 16.6 Å². The Kier molecular flexibility index (Phi) is 8.69. The number of halogens is 4. The minimum atomic E-state index is -4.86. The Morgan fingerprint density at radius 2 is 1.74 bits per heavy atom. The molecule has 2 aromatic carbocycles. The number of amides is 1. The lowest BCUT2D eigenvalue weighted by Crippen LogP contribution is -2.37. The van der Waals surface area contributed by atoms with Crippen LogP contribution in [0, 0.1) is 0 Å². The second-order valence-electron chi connectivity index (χ2n) is 7.62. The van der Waals surface area contributed by atoms with E-state index < -0.39 is 61.0 Å². The smallest absolute Gasteiger partial charge is 0.417 e. The largest absolute Gasteiger partial charge is 0.495 e. The molecule has 0 radical (unpaired) electrons. The number of anilines is 2. The average Bonchev–Trinajstić information content (AvgIpc) is 2.70. The maximum absolute atomic E-state index is 13.2. The standard InChI is InChI=1S/C20H23ClF3N3O6S2/c1-12(2)26-35(31,32)14-6-8-18(33-3)17(10-14)25-19(28)11-27(34(4,29)30)13-5-7-16(21)15(9-13)20(22,23)24/h5-10,12,26H,11H2,1-4H3,(H,25,28). The highest BCUT2D eigenvalue weighted by Crippen LogP contribution is 2.37. The molecule has 2 rings (SSSR count). The maximum Gasteiger partial charge on any atom is 0.417 e. The third kappa shape index (κ3) is 7.46. The summed E-state index contributed by atoms with van der Waals surface area (Å²) < 4.78 is 97.2. The van der Waals surface area contributed by atoms with Crippen LogP contribution >= 0.6 is 11.6 Å². The van der Waals surface area contributed by atoms with Crippen LogP contribution in [0.15, 0.2) is 41.3 Å². The van der Waals surface area contributed by atoms with Gasteiger partial charge >= 0.3 is 6.18 Å². The number of carbonyl (C=O) groups excluding carboxylic acids is 1. The lowest BCUT2D eigenvalue weighted by Gasteiger charge is -2.23. The summed E-state index contributed by atoms with van der Waals surface area (Å²) in [5.74, 6) is -0.901. The highest BCUT2D eigenvalue weighted by molar-refractivity contribution is 7.92. The third-order valence-corrected chi connectivity index (χ3v) is 7.50. The number of alkyl halides is 3. The van der Waals surface area contributed by atoms with Crippen LogP contribution in [-0.4, -0.2) is 48.7 Å². The summed E-state index contributed by atoms with van der Waals surface area (Å²) >= 11 is 5.59. The minimum absolute atomic E-state index is 0.0682. The Bertz CT molecular complexity index is 1320. The summed E-state index contributed by atoms with van der Waals surface area (Å²) in [4.78, 5) is 12.5. The van der Waals surface area contributed by atoms with Crippen molar-refractivity contribution in [2.24, 2.45) is 0 Å². The first-order valence-electron chi connectivity index (χ1n) is 9.80. The topological polar surface area (TPSA) is 122 Å². The van der Waals surface area contributed by atoms with Crippen LogP contribution in [0.1, 0.15) is 19.4 Å². The molecule has 2 N–H and O–H groups in total. The van der Waals surface area contributed by atoms with Crippen molar-refractivity contribution in [3.8, 4) is 5.75 Å². The van der Waals surface area contributed by atoms with Crippen LogP contribution < -0.4 is 19.1 Å². The van der Waals surface area contributed by atoms with Crippen molar-refractivity contribution in [2.45, 2.75) is 31.0 Å². The van der Waals surface area contributed by atoms with Crippen molar-refractivity contribution < 1.29 is 39.5 Å². The molecule has 0 bridgehead atoms. The van der Waals surface area contributed by atoms with Gasteiger partial charge in [-0.2, -0.15) is 13.2 Å². The number of rotatable bonds is 9. The normalized spacial score (nSPS) is 12.5. The Balaban J connectivity index is 2.41. The van der Waals surface area contributed by atoms with Gasteiger partial charge in [-0.15, -0.1) is 0 Å². The third-order valence-electron chi connectivity index (χ3n) is 4.38. The Labute approximate surface area is 206 Å². The second kappa shape index (κ2) is 10.6. The van der Waals surface area contributed by atoms with Crippen LogP contribution in [0.5, 0.6) is 5.75 Å². The summed E-state index contributed by atoms with van der Waals surface area (Å²) in [5.41, 5.74) is -1.81. The number of ether oxygens (including phenoxy) is 1. The van der Waals surface area contributed by atoms with Gasteiger partial charge in [0.15, 0.2) is 0 Å². The molecule has 35 heavy (non-hydrogen) atoms. The predicted octanol–water partition coefficient (Wildman–Crippen LogP) is 3.46. The summed E-state index contributed by atoms with van der Waals surface area (Å²) in [7, 11) is -6.89. The molecule has 0 atom stereocenters. The molecule has 2 aromatic rings. The fourth-order valence-electron chi connectivity index (χ4n) is 2.94. The maximum atomic E-state index is 13.2. The molecule has 0 aliphatic rings. The average molecular weight is 558 g/mol. The van der Waals surface area contributed by atoms with E-state index in [9.17, 15) is 34.8 Å². The number of carbonyl (C=O) groups is 1. The van der Waals surface area contributed by atoms with E-state index in [1.807, 2.05) is 0 Å². The van der Waals surface area contributed by atoms with Gasteiger partial charge in [0.1, 0.15) is 12.3 Å². The summed E-state index contributed by atoms with van der Waals surface area (Å²) in [6, 6.07) is 5.64. The highest BCUT2D eigenvalue weighted by Gasteiger charge is 2.34. The zero-order valence-electron chi connectivity index (χ0n) is 19.0. The molecule has 0 heterocycles. The first-order chi connectivity index (χ1) is 16.0. The predicted molar refractivity (Wildman–Crippen MR) is 126 cm³/mol. The van der Waals surface area contributed by atoms with Crippen molar-refractivity contribution in [2.75, 3.05) is 29.5 Å². The molecule has 15 heteroatoms. The molecule has 0 fully saturated rings. The molecule has 0 unspecified atom stereocenters. The first-order valence-corrected chi connectivity index (χ1v) is 13.5. The fraction of sp³-hybridized carbons (Fsp3) is 0.350. The molecular weight excluding hydrogens is 535 g/mol. The molecule has 0 spiro atoms. The number of nitrogens with one attached hydrogen (secondary N) is 2. The molecule has 0 saturated carbocycles. The summed E-state index contributed by atoms with van der Waals surface area (Å²) in [6.07, 6.45) is -4.14. The van der Waals surface area contributed by atoms with Crippen molar-refractivity contribution in [1.82, 2.24) is 4.72 Å². The Morgan fingerprint density at radius 1 is 1.11 bits per heavy atom. The lowest BCUT2D eigenvalue weighted by molar-refractivity contribution is -0.137. The van der Waals surface area contributed by atoms with Gasteiger partial charge < -0.3 is 10.1 Å². The summed E-state index contributed by atoms with van der Waals surface area (Å²) in [6.45, 7) is 2.32. The fourth-order valence-corrected chi connectivity index (χ4v) is 5.29. The van der Waals surface area contributed by atoms with E-state index in [-0.39, 0.29) is 16.3 Å². The number of hydrogen-bond acceptors (Lipinski definition) is 6. The molecule has 0 aliphatic heterocycles. The zero-order valence-corrected chi connectivity index (χ0v) is 21.4. The molecule has 0 saturated heterocycles. The van der Waals surface area contributed by atoms with Gasteiger partial charge in [0.2, 0.25) is 26.0 Å². The minimum Gasteiger partial charge on any atom is -0.495 e. The zero-order chi connectivity index (χ0) is 26.8. The van der Waals surface area contributed by atoms with Crippen LogP contribution in [0.3, 0.4) is 0 Å². The SMILES string of the molecule is COc1ccc(S(=O)(=O)NC(C)C)cc1NC(=O)CN(c1ccc(Cl)c(C(F)(F)F)c1)S(C)(=O)=O. The van der Waals surface area contributed by atoms with E-state index >= 15 is 0 Å². The molecular formula is C20H23ClF3N3O6S2. The van der Waals surface area contributed by atoms with Crippen LogP contribution in [-0.2, 0) is 31.0 Å². The first kappa shape index (κ1) is 28.7. The second-order valence-corrected chi connectivity index (χ2v) is 11.6. The van der Waals surface area contributed by atoms with Crippen LogP contribution in [0.25, 0.3) is 0 Å². The van der Waals surface area contributed by atoms with Crippen molar-refractivity contribution in [3.63, 3.8) is 0 Å². The van der Waals surface area contributed by atoms with Gasteiger partial charge in [-0.25, -0.2) is 21.6 Å². The number of benzene rings is 2. The van der Waals surface area contributed by atoms with Gasteiger partial charge in [0.05, 0.1) is 40.2 Å². The summed E-state index contributed by atoms with van der Waals surface area (Å²) in [5, 5.41) is 1.70. The quantitative estimate of drug-likeness (QED) is 0.487. The molecule has 194 valence electrons. The Hall–Kier alpha value is -2.55. The van der Waals surface area contributed by atoms with E-state index in [1.54, 1.807) is 13.8 Å². The highest BCUT2D eigenvalue weighted by atomic mass is 35.5. The van der Waals surface area contributed by atoms with Crippen LogP contribution in [0.4, 0.5) is 24.5 Å². The van der Waals surface area contributed by atoms with Gasteiger partial charge in [0.25, 0.3) is 0 Å². The van der Waals surface area contributed by atoms with Crippen molar-refractivity contribution in [3.05, 3.63) is 47.0 Å². The van der Waals surface area contributed by atoms with Gasteiger partial charge in [-0.05, 0) is 50.2 Å². The lowest BCUT2D eigenvalue weighted by atomic mass is 10.2. The van der Waals surface area contributed by atoms with E-state index in [0.717, 1.165) is 18.2 Å². The van der Waals surface area contributed by atoms with Gasteiger partial charge in [0, 0.05) is 6.04 Å². The monoisotopic (exact) mass is 557 g/mol. The number of nitrogens with zero attached hydrogens (tertiary/aromatic N) is 1. The van der Waals surface area contributed by atoms with Gasteiger partial charge in [-0.3, -0.25) is 9.10 Å². The Morgan fingerprint density at radius 3 is 2.26 bits per heavy atom. The van der Waals surface area contributed by atoms with Crippen molar-refractivity contribution >= 4 is 48.9 Å². The van der Waals surface area contributed by atoms with Gasteiger partial charge in [-0.1, -0.05) is 11.6 Å². The van der Waals surface area contributed by atoms with E-state index in [2.05, 4.69) is 10.0 Å². The molecule has 0 aliphatic carbocycles. The van der Waals surface area contributed by atoms with E-state index in [4.69, 9.17) is 16.3 Å². The van der Waals surface area contributed by atoms with E-state index in [1.165, 1.54) is 19.2 Å². The molecule has 0 aromatic heterocycles.